The lowest BCUT2D eigenvalue weighted by Crippen LogP contribution is -2.24. The molecule has 29 heavy (non-hydrogen) atoms. The summed E-state index contributed by atoms with van der Waals surface area (Å²) in [6.07, 6.45) is 1.37. The van der Waals surface area contributed by atoms with Crippen LogP contribution in [0.15, 0.2) is 59.5 Å². The summed E-state index contributed by atoms with van der Waals surface area (Å²) in [6, 6.07) is 16.3. The maximum absolute atomic E-state index is 12.3. The third-order valence-electron chi connectivity index (χ3n) is 4.23. The molecular weight excluding hydrogens is 392 g/mol. The predicted octanol–water partition coefficient (Wildman–Crippen LogP) is 4.02. The molecule has 0 heterocycles. The van der Waals surface area contributed by atoms with Crippen LogP contribution in [0.25, 0.3) is 0 Å². The topological polar surface area (TPSA) is 78.9 Å². The van der Waals surface area contributed by atoms with Gasteiger partial charge in [0, 0.05) is 13.5 Å². The quantitative estimate of drug-likeness (QED) is 0.293. The third-order valence-corrected chi connectivity index (χ3v) is 5.52. The molecule has 1 atom stereocenters. The Kier molecular flexibility index (Phi) is 9.31. The summed E-state index contributed by atoms with van der Waals surface area (Å²) in [5.41, 5.74) is 2.07. The van der Waals surface area contributed by atoms with E-state index in [-0.39, 0.29) is 11.5 Å². The first-order chi connectivity index (χ1) is 13.9. The van der Waals surface area contributed by atoms with Gasteiger partial charge in [0.15, 0.2) is 0 Å². The van der Waals surface area contributed by atoms with Crippen LogP contribution in [-0.4, -0.2) is 33.7 Å². The fraction of sp³-hybridized carbons (Fsp3) is 0.409. The van der Waals surface area contributed by atoms with Crippen molar-refractivity contribution >= 4 is 16.1 Å². The van der Waals surface area contributed by atoms with Gasteiger partial charge in [0.1, 0.15) is 12.7 Å². The maximum atomic E-state index is 12.3. The summed E-state index contributed by atoms with van der Waals surface area (Å²) >= 11 is 0. The average Bonchev–Trinajstić information content (AvgIpc) is 2.69. The molecule has 0 bridgehead atoms. The monoisotopic (exact) mass is 420 g/mol. The van der Waals surface area contributed by atoms with Crippen molar-refractivity contribution in [2.45, 2.75) is 50.7 Å². The van der Waals surface area contributed by atoms with Gasteiger partial charge in [-0.15, -0.1) is 0 Å². The van der Waals surface area contributed by atoms with Crippen LogP contribution >= 0.6 is 0 Å². The molecule has 0 aliphatic rings. The van der Waals surface area contributed by atoms with Crippen molar-refractivity contribution in [1.29, 1.82) is 0 Å². The molecule has 0 radical (unpaired) electrons. The smallest absolute Gasteiger partial charge is 0.302 e. The van der Waals surface area contributed by atoms with E-state index in [1.165, 1.54) is 19.1 Å². The molecule has 2 aromatic rings. The van der Waals surface area contributed by atoms with Crippen LogP contribution in [0.1, 0.15) is 37.3 Å². The lowest BCUT2D eigenvalue weighted by atomic mass is 10.1. The van der Waals surface area contributed by atoms with Gasteiger partial charge in [-0.05, 0) is 43.9 Å². The van der Waals surface area contributed by atoms with Crippen molar-refractivity contribution in [3.8, 4) is 0 Å². The largest absolute Gasteiger partial charge is 0.460 e. The zero-order chi connectivity index (χ0) is 21.1. The van der Waals surface area contributed by atoms with E-state index < -0.39 is 22.2 Å². The minimum atomic E-state index is -3.89. The molecule has 0 aliphatic carbocycles. The average molecular weight is 421 g/mol. The Bertz CT molecular complexity index is 847. The first kappa shape index (κ1) is 23.1. The van der Waals surface area contributed by atoms with Crippen LogP contribution in [0.2, 0.25) is 0 Å². The van der Waals surface area contributed by atoms with Gasteiger partial charge in [-0.1, -0.05) is 48.0 Å². The van der Waals surface area contributed by atoms with Crippen molar-refractivity contribution < 1.29 is 26.9 Å². The van der Waals surface area contributed by atoms with E-state index >= 15 is 0 Å². The first-order valence-corrected chi connectivity index (χ1v) is 11.0. The van der Waals surface area contributed by atoms with E-state index in [1.807, 2.05) is 37.3 Å². The molecule has 1 unspecified atom stereocenters. The summed E-state index contributed by atoms with van der Waals surface area (Å²) in [5.74, 6) is -0.466. The van der Waals surface area contributed by atoms with E-state index in [9.17, 15) is 13.2 Å². The van der Waals surface area contributed by atoms with Gasteiger partial charge in [0.05, 0.1) is 11.5 Å². The fourth-order valence-electron chi connectivity index (χ4n) is 2.69. The standard InChI is InChI=1S/C22H28O6S/c1-18-11-13-22(14-12-18)29(24,25)27-17-21(28-19(2)23)10-6-7-15-26-16-20-8-4-3-5-9-20/h3-5,8-9,11-14,21H,6-7,10,15-17H2,1-2H3. The number of ether oxygens (including phenoxy) is 2. The number of hydrogen-bond acceptors (Lipinski definition) is 6. The molecule has 0 saturated heterocycles. The molecule has 158 valence electrons. The predicted molar refractivity (Wildman–Crippen MR) is 110 cm³/mol. The Morgan fingerprint density at radius 2 is 1.69 bits per heavy atom. The van der Waals surface area contributed by atoms with Gasteiger partial charge in [0.25, 0.3) is 10.1 Å². The van der Waals surface area contributed by atoms with Gasteiger partial charge in [-0.25, -0.2) is 0 Å². The van der Waals surface area contributed by atoms with Gasteiger partial charge >= 0.3 is 5.97 Å². The van der Waals surface area contributed by atoms with E-state index in [0.29, 0.717) is 19.6 Å². The zero-order valence-electron chi connectivity index (χ0n) is 16.9. The molecule has 2 rings (SSSR count). The van der Waals surface area contributed by atoms with Gasteiger partial charge in [0.2, 0.25) is 0 Å². The van der Waals surface area contributed by atoms with Crippen LogP contribution < -0.4 is 0 Å². The highest BCUT2D eigenvalue weighted by atomic mass is 32.2. The van der Waals surface area contributed by atoms with Crippen molar-refractivity contribution in [3.05, 3.63) is 65.7 Å². The van der Waals surface area contributed by atoms with Crippen LogP contribution in [0, 0.1) is 6.92 Å². The van der Waals surface area contributed by atoms with E-state index in [2.05, 4.69) is 0 Å². The molecule has 0 spiro atoms. The summed E-state index contributed by atoms with van der Waals surface area (Å²) in [5, 5.41) is 0. The van der Waals surface area contributed by atoms with Crippen molar-refractivity contribution in [2.75, 3.05) is 13.2 Å². The summed E-state index contributed by atoms with van der Waals surface area (Å²) in [7, 11) is -3.89. The van der Waals surface area contributed by atoms with E-state index in [0.717, 1.165) is 24.0 Å². The second kappa shape index (κ2) is 11.7. The third kappa shape index (κ3) is 8.77. The van der Waals surface area contributed by atoms with Gasteiger partial charge in [-0.3, -0.25) is 8.98 Å². The minimum Gasteiger partial charge on any atom is -0.460 e. The lowest BCUT2D eigenvalue weighted by Gasteiger charge is -2.17. The number of esters is 1. The number of rotatable bonds is 12. The summed E-state index contributed by atoms with van der Waals surface area (Å²) in [4.78, 5) is 11.4. The first-order valence-electron chi connectivity index (χ1n) is 9.62. The molecule has 0 aliphatic heterocycles. The van der Waals surface area contributed by atoms with Crippen molar-refractivity contribution in [3.63, 3.8) is 0 Å². The number of hydrogen-bond donors (Lipinski definition) is 0. The van der Waals surface area contributed by atoms with E-state index in [4.69, 9.17) is 13.7 Å². The second-order valence-electron chi connectivity index (χ2n) is 6.82. The Labute approximate surface area is 172 Å². The number of carbonyl (C=O) groups excluding carboxylic acids is 1. The number of unbranched alkanes of at least 4 members (excludes halogenated alkanes) is 1. The summed E-state index contributed by atoms with van der Waals surface area (Å²) < 4.78 is 40.6. The molecule has 0 fully saturated rings. The molecule has 0 saturated carbocycles. The second-order valence-corrected chi connectivity index (χ2v) is 8.43. The highest BCUT2D eigenvalue weighted by Crippen LogP contribution is 2.15. The van der Waals surface area contributed by atoms with Crippen LogP contribution in [0.4, 0.5) is 0 Å². The zero-order valence-corrected chi connectivity index (χ0v) is 17.7. The molecule has 0 N–H and O–H groups in total. The van der Waals surface area contributed by atoms with Crippen LogP contribution in [0.3, 0.4) is 0 Å². The Morgan fingerprint density at radius 3 is 2.34 bits per heavy atom. The molecule has 0 amide bonds. The Hall–Kier alpha value is -2.22. The normalized spacial score (nSPS) is 12.5. The molecule has 0 aromatic heterocycles. The maximum Gasteiger partial charge on any atom is 0.302 e. The number of aryl methyl sites for hydroxylation is 1. The van der Waals surface area contributed by atoms with Gasteiger partial charge in [-0.2, -0.15) is 8.42 Å². The fourth-order valence-corrected chi connectivity index (χ4v) is 3.63. The van der Waals surface area contributed by atoms with Gasteiger partial charge < -0.3 is 9.47 Å². The molecule has 6 nitrogen and oxygen atoms in total. The highest BCUT2D eigenvalue weighted by Gasteiger charge is 2.20. The lowest BCUT2D eigenvalue weighted by molar-refractivity contribution is -0.148. The molecule has 7 heteroatoms. The minimum absolute atomic E-state index is 0.0824. The number of benzene rings is 2. The van der Waals surface area contributed by atoms with Crippen molar-refractivity contribution in [1.82, 2.24) is 0 Å². The molecule has 2 aromatic carbocycles. The Balaban J connectivity index is 1.75. The van der Waals surface area contributed by atoms with E-state index in [1.54, 1.807) is 12.1 Å². The van der Waals surface area contributed by atoms with Crippen molar-refractivity contribution in [2.24, 2.45) is 0 Å². The Morgan fingerprint density at radius 1 is 1.00 bits per heavy atom. The number of carbonyl (C=O) groups is 1. The highest BCUT2D eigenvalue weighted by molar-refractivity contribution is 7.86. The summed E-state index contributed by atoms with van der Waals surface area (Å²) in [6.45, 7) is 4.08. The SMILES string of the molecule is CC(=O)OC(CCCCOCc1ccccc1)COS(=O)(=O)c1ccc(C)cc1. The van der Waals surface area contributed by atoms with Crippen LogP contribution in [-0.2, 0) is 35.2 Å². The van der Waals surface area contributed by atoms with Crippen LogP contribution in [0.5, 0.6) is 0 Å². The molecular formula is C22H28O6S.